The monoisotopic (exact) mass is 269 g/mol. The van der Waals surface area contributed by atoms with Crippen LogP contribution in [0.2, 0.25) is 0 Å². The molecule has 2 aromatic rings. The number of nitrogens with one attached hydrogen (secondary N) is 2. The first-order valence-electron chi connectivity index (χ1n) is 6.75. The SMILES string of the molecule is CCC(=O)Nc1ccc(NC(C)c2ccncc2)cc1. The van der Waals surface area contributed by atoms with Crippen LogP contribution in [0.25, 0.3) is 0 Å². The summed E-state index contributed by atoms with van der Waals surface area (Å²) in [6.45, 7) is 3.93. The zero-order chi connectivity index (χ0) is 14.4. The molecule has 1 unspecified atom stereocenters. The quantitative estimate of drug-likeness (QED) is 0.872. The molecule has 4 heteroatoms. The highest BCUT2D eigenvalue weighted by atomic mass is 16.1. The molecule has 1 heterocycles. The number of aromatic nitrogens is 1. The molecule has 0 aliphatic carbocycles. The number of amides is 1. The average molecular weight is 269 g/mol. The van der Waals surface area contributed by atoms with Crippen molar-refractivity contribution >= 4 is 17.3 Å². The molecule has 104 valence electrons. The number of carbonyl (C=O) groups excluding carboxylic acids is 1. The molecule has 1 atom stereocenters. The van der Waals surface area contributed by atoms with E-state index in [-0.39, 0.29) is 11.9 Å². The smallest absolute Gasteiger partial charge is 0.224 e. The number of rotatable bonds is 5. The Labute approximate surface area is 119 Å². The van der Waals surface area contributed by atoms with Gasteiger partial charge in [0.25, 0.3) is 0 Å². The summed E-state index contributed by atoms with van der Waals surface area (Å²) >= 11 is 0. The van der Waals surface area contributed by atoms with E-state index in [2.05, 4.69) is 22.5 Å². The van der Waals surface area contributed by atoms with E-state index in [0.29, 0.717) is 6.42 Å². The van der Waals surface area contributed by atoms with Crippen molar-refractivity contribution in [3.05, 3.63) is 54.4 Å². The van der Waals surface area contributed by atoms with Crippen LogP contribution < -0.4 is 10.6 Å². The minimum Gasteiger partial charge on any atom is -0.379 e. The summed E-state index contributed by atoms with van der Waals surface area (Å²) in [6.07, 6.45) is 4.06. The number of carbonyl (C=O) groups is 1. The zero-order valence-electron chi connectivity index (χ0n) is 11.8. The van der Waals surface area contributed by atoms with E-state index in [9.17, 15) is 4.79 Å². The zero-order valence-corrected chi connectivity index (χ0v) is 11.8. The maximum atomic E-state index is 11.3. The summed E-state index contributed by atoms with van der Waals surface area (Å²) in [6, 6.07) is 11.9. The maximum absolute atomic E-state index is 11.3. The standard InChI is InChI=1S/C16H19N3O/c1-3-16(20)19-15-6-4-14(5-7-15)18-12(2)13-8-10-17-11-9-13/h4-12,18H,3H2,1-2H3,(H,19,20). The van der Waals surface area contributed by atoms with Crippen LogP contribution in [0.4, 0.5) is 11.4 Å². The summed E-state index contributed by atoms with van der Waals surface area (Å²) in [5.74, 6) is 0.0239. The molecule has 0 aliphatic heterocycles. The fraction of sp³-hybridized carbons (Fsp3) is 0.250. The fourth-order valence-electron chi connectivity index (χ4n) is 1.88. The minimum absolute atomic E-state index is 0.0239. The minimum atomic E-state index is 0.0239. The molecular formula is C16H19N3O. The summed E-state index contributed by atoms with van der Waals surface area (Å²) in [5.41, 5.74) is 3.02. The number of benzene rings is 1. The van der Waals surface area contributed by atoms with Crippen LogP contribution in [-0.2, 0) is 4.79 Å². The molecule has 2 N–H and O–H groups in total. The third-order valence-corrected chi connectivity index (χ3v) is 3.08. The second-order valence-corrected chi connectivity index (χ2v) is 4.63. The number of nitrogens with zero attached hydrogens (tertiary/aromatic N) is 1. The average Bonchev–Trinajstić information content (AvgIpc) is 2.50. The molecule has 0 saturated heterocycles. The second-order valence-electron chi connectivity index (χ2n) is 4.63. The summed E-state index contributed by atoms with van der Waals surface area (Å²) < 4.78 is 0. The Morgan fingerprint density at radius 2 is 1.70 bits per heavy atom. The van der Waals surface area contributed by atoms with E-state index in [4.69, 9.17) is 0 Å². The van der Waals surface area contributed by atoms with Crippen molar-refractivity contribution in [2.24, 2.45) is 0 Å². The van der Waals surface area contributed by atoms with Crippen molar-refractivity contribution in [3.8, 4) is 0 Å². The van der Waals surface area contributed by atoms with E-state index < -0.39 is 0 Å². The van der Waals surface area contributed by atoms with Crippen LogP contribution in [0.1, 0.15) is 31.9 Å². The lowest BCUT2D eigenvalue weighted by atomic mass is 10.1. The van der Waals surface area contributed by atoms with Gasteiger partial charge < -0.3 is 10.6 Å². The Bertz CT molecular complexity index is 552. The molecule has 1 aromatic carbocycles. The number of anilines is 2. The third-order valence-electron chi connectivity index (χ3n) is 3.08. The van der Waals surface area contributed by atoms with Gasteiger partial charge in [-0.25, -0.2) is 0 Å². The van der Waals surface area contributed by atoms with Gasteiger partial charge in [0.2, 0.25) is 5.91 Å². The number of hydrogen-bond donors (Lipinski definition) is 2. The van der Waals surface area contributed by atoms with Gasteiger partial charge in [0.15, 0.2) is 0 Å². The Balaban J connectivity index is 1.98. The van der Waals surface area contributed by atoms with Crippen LogP contribution in [0.5, 0.6) is 0 Å². The number of hydrogen-bond acceptors (Lipinski definition) is 3. The van der Waals surface area contributed by atoms with E-state index in [0.717, 1.165) is 11.4 Å². The first-order valence-corrected chi connectivity index (χ1v) is 6.75. The highest BCUT2D eigenvalue weighted by Crippen LogP contribution is 2.20. The Morgan fingerprint density at radius 3 is 2.30 bits per heavy atom. The Morgan fingerprint density at radius 1 is 1.10 bits per heavy atom. The highest BCUT2D eigenvalue weighted by molar-refractivity contribution is 5.90. The highest BCUT2D eigenvalue weighted by Gasteiger charge is 2.05. The molecular weight excluding hydrogens is 250 g/mol. The van der Waals surface area contributed by atoms with Crippen LogP contribution in [-0.4, -0.2) is 10.9 Å². The molecule has 0 saturated carbocycles. The Hall–Kier alpha value is -2.36. The molecule has 0 aliphatic rings. The molecule has 1 amide bonds. The molecule has 0 radical (unpaired) electrons. The van der Waals surface area contributed by atoms with Crippen LogP contribution in [0.3, 0.4) is 0 Å². The third kappa shape index (κ3) is 3.82. The lowest BCUT2D eigenvalue weighted by Crippen LogP contribution is -2.10. The van der Waals surface area contributed by atoms with Crippen molar-refractivity contribution in [1.29, 1.82) is 0 Å². The predicted molar refractivity (Wildman–Crippen MR) is 81.6 cm³/mol. The molecule has 1 aromatic heterocycles. The molecule has 2 rings (SSSR count). The first-order chi connectivity index (χ1) is 9.69. The van der Waals surface area contributed by atoms with Gasteiger partial charge in [0.05, 0.1) is 0 Å². The largest absolute Gasteiger partial charge is 0.379 e. The van der Waals surface area contributed by atoms with Crippen LogP contribution >= 0.6 is 0 Å². The first kappa shape index (κ1) is 14.1. The molecule has 0 fully saturated rings. The van der Waals surface area contributed by atoms with E-state index in [1.54, 1.807) is 12.4 Å². The normalized spacial score (nSPS) is 11.7. The van der Waals surface area contributed by atoms with Gasteiger partial charge in [-0.2, -0.15) is 0 Å². The maximum Gasteiger partial charge on any atom is 0.224 e. The lowest BCUT2D eigenvalue weighted by Gasteiger charge is -2.15. The van der Waals surface area contributed by atoms with Crippen molar-refractivity contribution < 1.29 is 4.79 Å². The number of pyridine rings is 1. The van der Waals surface area contributed by atoms with Gasteiger partial charge in [-0.1, -0.05) is 6.92 Å². The van der Waals surface area contributed by atoms with Crippen LogP contribution in [0.15, 0.2) is 48.8 Å². The molecule has 20 heavy (non-hydrogen) atoms. The van der Waals surface area contributed by atoms with Crippen molar-refractivity contribution in [1.82, 2.24) is 4.98 Å². The fourth-order valence-corrected chi connectivity index (χ4v) is 1.88. The van der Waals surface area contributed by atoms with Gasteiger partial charge in [0, 0.05) is 36.2 Å². The van der Waals surface area contributed by atoms with Crippen LogP contribution in [0, 0.1) is 0 Å². The van der Waals surface area contributed by atoms with E-state index in [1.165, 1.54) is 5.56 Å². The van der Waals surface area contributed by atoms with E-state index in [1.807, 2.05) is 43.3 Å². The van der Waals surface area contributed by atoms with Crippen molar-refractivity contribution in [3.63, 3.8) is 0 Å². The van der Waals surface area contributed by atoms with Gasteiger partial charge in [-0.3, -0.25) is 9.78 Å². The Kier molecular flexibility index (Phi) is 4.71. The summed E-state index contributed by atoms with van der Waals surface area (Å²) in [5, 5.41) is 6.24. The van der Waals surface area contributed by atoms with E-state index >= 15 is 0 Å². The molecule has 0 bridgehead atoms. The van der Waals surface area contributed by atoms with Gasteiger partial charge >= 0.3 is 0 Å². The summed E-state index contributed by atoms with van der Waals surface area (Å²) in [7, 11) is 0. The second kappa shape index (κ2) is 6.70. The topological polar surface area (TPSA) is 54.0 Å². The lowest BCUT2D eigenvalue weighted by molar-refractivity contribution is -0.115. The predicted octanol–water partition coefficient (Wildman–Crippen LogP) is 3.60. The van der Waals surface area contributed by atoms with Crippen molar-refractivity contribution in [2.75, 3.05) is 10.6 Å². The van der Waals surface area contributed by atoms with Crippen molar-refractivity contribution in [2.45, 2.75) is 26.3 Å². The van der Waals surface area contributed by atoms with Gasteiger partial charge in [-0.05, 0) is 48.9 Å². The molecule has 0 spiro atoms. The molecule has 4 nitrogen and oxygen atoms in total. The van der Waals surface area contributed by atoms with Gasteiger partial charge in [0.1, 0.15) is 0 Å². The summed E-state index contributed by atoms with van der Waals surface area (Å²) in [4.78, 5) is 15.3. The van der Waals surface area contributed by atoms with Gasteiger partial charge in [-0.15, -0.1) is 0 Å².